The Bertz CT molecular complexity index is 678. The molecular formula is C18H18F6. The second-order valence-corrected chi connectivity index (χ2v) is 7.29. The number of halogens is 6. The minimum Gasteiger partial charge on any atom is -0.208 e. The molecule has 3 aliphatic carbocycles. The second-order valence-electron chi connectivity index (χ2n) is 7.29. The van der Waals surface area contributed by atoms with Gasteiger partial charge in [0.05, 0.1) is 5.41 Å². The van der Waals surface area contributed by atoms with E-state index in [2.05, 4.69) is 0 Å². The van der Waals surface area contributed by atoms with Gasteiger partial charge in [-0.25, -0.2) is 8.78 Å². The molecule has 0 spiro atoms. The molecule has 0 amide bonds. The van der Waals surface area contributed by atoms with E-state index >= 15 is 0 Å². The normalized spacial score (nSPS) is 34.8. The number of rotatable bonds is 2. The number of hydrogen-bond acceptors (Lipinski definition) is 0. The van der Waals surface area contributed by atoms with Crippen LogP contribution >= 0.6 is 0 Å². The predicted molar refractivity (Wildman–Crippen MR) is 79.2 cm³/mol. The lowest BCUT2D eigenvalue weighted by Gasteiger charge is -2.59. The predicted octanol–water partition coefficient (Wildman–Crippen LogP) is 6.45. The molecule has 0 saturated heterocycles. The first-order chi connectivity index (χ1) is 11.0. The molecule has 0 atom stereocenters. The molecule has 2 bridgehead atoms. The molecule has 132 valence electrons. The Hall–Kier alpha value is -1.46. The summed E-state index contributed by atoms with van der Waals surface area (Å²) < 4.78 is 87.1. The van der Waals surface area contributed by atoms with Crippen LogP contribution in [0.15, 0.2) is 30.1 Å². The lowest BCUT2D eigenvalue weighted by atomic mass is 9.50. The van der Waals surface area contributed by atoms with Crippen molar-refractivity contribution in [3.05, 3.63) is 41.2 Å². The number of allylic oxidation sites excluding steroid dienone is 1. The van der Waals surface area contributed by atoms with Crippen molar-refractivity contribution in [1.82, 2.24) is 0 Å². The Kier molecular flexibility index (Phi) is 3.63. The molecule has 0 unspecified atom stereocenters. The van der Waals surface area contributed by atoms with Crippen molar-refractivity contribution >= 4 is 5.83 Å². The first kappa shape index (κ1) is 17.4. The molecule has 3 saturated carbocycles. The van der Waals surface area contributed by atoms with Crippen LogP contribution in [0.3, 0.4) is 0 Å². The zero-order valence-electron chi connectivity index (χ0n) is 13.4. The van der Waals surface area contributed by atoms with Crippen LogP contribution in [0, 0.1) is 17.8 Å². The lowest BCUT2D eigenvalue weighted by molar-refractivity contribution is -0.357. The Morgan fingerprint density at radius 1 is 0.833 bits per heavy atom. The fraction of sp³-hybridized carbons (Fsp3) is 0.556. The summed E-state index contributed by atoms with van der Waals surface area (Å²) in [7, 11) is 0. The Morgan fingerprint density at radius 2 is 1.33 bits per heavy atom. The van der Waals surface area contributed by atoms with Gasteiger partial charge in [-0.2, -0.15) is 17.6 Å². The quantitative estimate of drug-likeness (QED) is 0.539. The molecule has 0 aromatic heterocycles. The van der Waals surface area contributed by atoms with Crippen molar-refractivity contribution < 1.29 is 26.3 Å². The summed E-state index contributed by atoms with van der Waals surface area (Å²) in [5, 5.41) is 0. The van der Waals surface area contributed by atoms with E-state index in [4.69, 9.17) is 0 Å². The average molecular weight is 348 g/mol. The highest BCUT2D eigenvalue weighted by Gasteiger charge is 2.81. The van der Waals surface area contributed by atoms with E-state index in [1.54, 1.807) is 6.92 Å². The van der Waals surface area contributed by atoms with Gasteiger partial charge < -0.3 is 0 Å². The Balaban J connectivity index is 2.13. The summed E-state index contributed by atoms with van der Waals surface area (Å²) in [5.74, 6) is -12.2. The molecule has 4 rings (SSSR count). The zero-order chi connectivity index (χ0) is 18.0. The van der Waals surface area contributed by atoms with Crippen LogP contribution in [0.4, 0.5) is 26.3 Å². The molecule has 3 aliphatic rings. The van der Waals surface area contributed by atoms with Gasteiger partial charge in [0, 0.05) is 11.0 Å². The van der Waals surface area contributed by atoms with Gasteiger partial charge in [-0.3, -0.25) is 0 Å². The lowest BCUT2D eigenvalue weighted by Crippen LogP contribution is -2.68. The Morgan fingerprint density at radius 3 is 1.83 bits per heavy atom. The minimum atomic E-state index is -4.63. The largest absolute Gasteiger partial charge is 0.322 e. The van der Waals surface area contributed by atoms with Crippen LogP contribution in [0.1, 0.15) is 43.7 Å². The van der Waals surface area contributed by atoms with E-state index in [0.29, 0.717) is 0 Å². The average Bonchev–Trinajstić information content (AvgIpc) is 2.53. The summed E-state index contributed by atoms with van der Waals surface area (Å²) in [6, 6.07) is 5.52. The summed E-state index contributed by atoms with van der Waals surface area (Å²) in [5.41, 5.74) is -4.08. The minimum absolute atomic E-state index is 0.217. The smallest absolute Gasteiger partial charge is 0.208 e. The number of alkyl halides is 4. The van der Waals surface area contributed by atoms with Crippen molar-refractivity contribution in [1.29, 1.82) is 0 Å². The molecular weight excluding hydrogens is 330 g/mol. The SMILES string of the molecule is Cc1ccc(/C(F)=C(\F)C23CCC(C)(CC2)C(F)(F)C3(F)F)cc1. The topological polar surface area (TPSA) is 0 Å². The van der Waals surface area contributed by atoms with E-state index in [-0.39, 0.29) is 18.4 Å². The summed E-state index contributed by atoms with van der Waals surface area (Å²) in [6.07, 6.45) is -1.50. The van der Waals surface area contributed by atoms with Crippen molar-refractivity contribution in [2.24, 2.45) is 10.8 Å². The first-order valence-corrected chi connectivity index (χ1v) is 7.87. The molecule has 6 heteroatoms. The fourth-order valence-corrected chi connectivity index (χ4v) is 3.93. The first-order valence-electron chi connectivity index (χ1n) is 7.87. The zero-order valence-corrected chi connectivity index (χ0v) is 13.4. The van der Waals surface area contributed by atoms with Crippen molar-refractivity contribution in [3.8, 4) is 0 Å². The van der Waals surface area contributed by atoms with Crippen LogP contribution in [-0.2, 0) is 0 Å². The second kappa shape index (κ2) is 5.02. The van der Waals surface area contributed by atoms with Crippen molar-refractivity contribution in [2.75, 3.05) is 0 Å². The number of aryl methyl sites for hydroxylation is 1. The van der Waals surface area contributed by atoms with Crippen molar-refractivity contribution in [2.45, 2.75) is 51.4 Å². The van der Waals surface area contributed by atoms with E-state index < -0.39 is 47.2 Å². The van der Waals surface area contributed by atoms with Crippen LogP contribution in [0.2, 0.25) is 0 Å². The monoisotopic (exact) mass is 348 g/mol. The highest BCUT2D eigenvalue weighted by molar-refractivity contribution is 5.63. The fourth-order valence-electron chi connectivity index (χ4n) is 3.93. The van der Waals surface area contributed by atoms with E-state index in [9.17, 15) is 26.3 Å². The molecule has 0 heterocycles. The summed E-state index contributed by atoms with van der Waals surface area (Å²) in [6.45, 7) is 2.83. The summed E-state index contributed by atoms with van der Waals surface area (Å²) in [4.78, 5) is 0. The highest BCUT2D eigenvalue weighted by atomic mass is 19.3. The van der Waals surface area contributed by atoms with Gasteiger partial charge in [-0.15, -0.1) is 0 Å². The third-order valence-electron chi connectivity index (χ3n) is 5.88. The van der Waals surface area contributed by atoms with Gasteiger partial charge in [0.25, 0.3) is 0 Å². The van der Waals surface area contributed by atoms with Crippen LogP contribution in [0.25, 0.3) is 5.83 Å². The highest BCUT2D eigenvalue weighted by Crippen LogP contribution is 2.72. The molecule has 0 aliphatic heterocycles. The van der Waals surface area contributed by atoms with Gasteiger partial charge in [0.1, 0.15) is 5.83 Å². The van der Waals surface area contributed by atoms with Gasteiger partial charge in [0.2, 0.25) is 0 Å². The Labute approximate surface area is 136 Å². The van der Waals surface area contributed by atoms with Gasteiger partial charge in [0.15, 0.2) is 5.83 Å². The summed E-state index contributed by atoms with van der Waals surface area (Å²) >= 11 is 0. The van der Waals surface area contributed by atoms with Crippen LogP contribution in [0.5, 0.6) is 0 Å². The molecule has 1 aromatic carbocycles. The molecule has 0 radical (unpaired) electrons. The van der Waals surface area contributed by atoms with Gasteiger partial charge in [-0.05, 0) is 32.6 Å². The third kappa shape index (κ3) is 1.94. The third-order valence-corrected chi connectivity index (χ3v) is 5.88. The van der Waals surface area contributed by atoms with E-state index in [0.717, 1.165) is 12.5 Å². The maximum Gasteiger partial charge on any atom is 0.322 e. The maximum absolute atomic E-state index is 14.8. The maximum atomic E-state index is 14.8. The molecule has 0 N–H and O–H groups in total. The number of hydrogen-bond donors (Lipinski definition) is 0. The van der Waals surface area contributed by atoms with E-state index in [1.165, 1.54) is 24.3 Å². The van der Waals surface area contributed by atoms with E-state index in [1.807, 2.05) is 0 Å². The van der Waals surface area contributed by atoms with Crippen LogP contribution < -0.4 is 0 Å². The molecule has 0 nitrogen and oxygen atoms in total. The van der Waals surface area contributed by atoms with Gasteiger partial charge in [-0.1, -0.05) is 36.8 Å². The number of benzene rings is 1. The molecule has 24 heavy (non-hydrogen) atoms. The standard InChI is InChI=1S/C18H18F6/c1-11-3-5-12(6-4-11)13(19)14(20)16-9-7-15(2,8-10-16)17(21,22)18(16,23)24/h3-6H,7-10H2,1-2H3/b14-13+. The molecule has 1 aromatic rings. The molecule has 3 fully saturated rings. The van der Waals surface area contributed by atoms with Gasteiger partial charge >= 0.3 is 11.8 Å². The number of fused-ring (bicyclic) bond motifs is 3. The van der Waals surface area contributed by atoms with Crippen molar-refractivity contribution in [3.63, 3.8) is 0 Å². The van der Waals surface area contributed by atoms with Crippen LogP contribution in [-0.4, -0.2) is 11.8 Å².